The smallest absolute Gasteiger partial charge is 0.234 e. The Balaban J connectivity index is 1.49. The predicted octanol–water partition coefficient (Wildman–Crippen LogP) is 5.23. The van der Waals surface area contributed by atoms with E-state index < -0.39 is 0 Å². The molecule has 0 aliphatic rings. The number of rotatable bonds is 7. The maximum atomic E-state index is 12.2. The molecule has 29 heavy (non-hydrogen) atoms. The fourth-order valence-electron chi connectivity index (χ4n) is 2.50. The van der Waals surface area contributed by atoms with E-state index in [-0.39, 0.29) is 5.91 Å². The number of methoxy groups -OCH3 is 1. The molecule has 0 radical (unpaired) electrons. The maximum Gasteiger partial charge on any atom is 0.234 e. The molecule has 148 valence electrons. The first kappa shape index (κ1) is 20.7. The van der Waals surface area contributed by atoms with Crippen molar-refractivity contribution in [3.05, 3.63) is 78.9 Å². The highest BCUT2D eigenvalue weighted by Gasteiger charge is 2.06. The molecule has 0 heterocycles. The highest BCUT2D eigenvalue weighted by Crippen LogP contribution is 2.22. The third-order valence-corrected chi connectivity index (χ3v) is 5.07. The van der Waals surface area contributed by atoms with Crippen LogP contribution in [-0.2, 0) is 4.79 Å². The van der Waals surface area contributed by atoms with Gasteiger partial charge in [0.1, 0.15) is 5.75 Å². The van der Waals surface area contributed by atoms with Gasteiger partial charge in [-0.15, -0.1) is 11.8 Å². The number of benzene rings is 3. The van der Waals surface area contributed by atoms with Crippen molar-refractivity contribution in [2.24, 2.45) is 0 Å². The van der Waals surface area contributed by atoms with Gasteiger partial charge in [-0.05, 0) is 66.8 Å². The lowest BCUT2D eigenvalue weighted by Gasteiger charge is -2.11. The molecule has 1 amide bonds. The molecule has 0 aromatic heterocycles. The molecule has 0 aliphatic carbocycles. The summed E-state index contributed by atoms with van der Waals surface area (Å²) in [6, 6.07) is 24.8. The zero-order chi connectivity index (χ0) is 20.5. The number of carbonyl (C=O) groups is 1. The van der Waals surface area contributed by atoms with Crippen LogP contribution in [0, 0.1) is 0 Å². The molecule has 7 heteroatoms. The van der Waals surface area contributed by atoms with Gasteiger partial charge in [-0.25, -0.2) is 0 Å². The van der Waals surface area contributed by atoms with Crippen LogP contribution in [0.3, 0.4) is 0 Å². The Labute approximate surface area is 179 Å². The van der Waals surface area contributed by atoms with Gasteiger partial charge in [-0.3, -0.25) is 4.79 Å². The molecule has 0 aliphatic heterocycles. The molecule has 0 fully saturated rings. The monoisotopic (exact) mass is 423 g/mol. The van der Waals surface area contributed by atoms with Crippen LogP contribution < -0.4 is 20.7 Å². The molecule has 0 spiro atoms. The minimum atomic E-state index is -0.0696. The first-order chi connectivity index (χ1) is 14.1. The molecule has 3 N–H and O–H groups in total. The van der Waals surface area contributed by atoms with E-state index in [1.165, 1.54) is 11.8 Å². The summed E-state index contributed by atoms with van der Waals surface area (Å²) >= 11 is 6.82. The Hall–Kier alpha value is -3.03. The molecule has 3 rings (SSSR count). The minimum Gasteiger partial charge on any atom is -0.497 e. The second-order valence-electron chi connectivity index (χ2n) is 6.04. The fourth-order valence-corrected chi connectivity index (χ4v) is 3.49. The van der Waals surface area contributed by atoms with E-state index in [9.17, 15) is 4.79 Å². The lowest BCUT2D eigenvalue weighted by atomic mass is 10.3. The summed E-state index contributed by atoms with van der Waals surface area (Å²) in [4.78, 5) is 13.2. The Morgan fingerprint density at radius 2 is 1.52 bits per heavy atom. The van der Waals surface area contributed by atoms with Gasteiger partial charge >= 0.3 is 0 Å². The largest absolute Gasteiger partial charge is 0.497 e. The van der Waals surface area contributed by atoms with Crippen molar-refractivity contribution in [2.45, 2.75) is 4.90 Å². The molecule has 0 bridgehead atoms. The predicted molar refractivity (Wildman–Crippen MR) is 125 cm³/mol. The Bertz CT molecular complexity index is 963. The number of nitrogens with one attached hydrogen (secondary N) is 3. The van der Waals surface area contributed by atoms with E-state index in [1.807, 2.05) is 78.9 Å². The molecular formula is C22H21N3O2S2. The van der Waals surface area contributed by atoms with Crippen LogP contribution in [0.2, 0.25) is 0 Å². The molecule has 3 aromatic rings. The SMILES string of the molecule is COc1ccc(NC(=O)CSc2cccc(NC(=S)Nc3ccccc3)c2)cc1. The molecule has 0 unspecified atom stereocenters. The van der Waals surface area contributed by atoms with E-state index in [2.05, 4.69) is 16.0 Å². The van der Waals surface area contributed by atoms with Crippen molar-refractivity contribution < 1.29 is 9.53 Å². The highest BCUT2D eigenvalue weighted by molar-refractivity contribution is 8.00. The summed E-state index contributed by atoms with van der Waals surface area (Å²) in [5.74, 6) is 0.989. The molecular weight excluding hydrogens is 402 g/mol. The number of thiocarbonyl (C=S) groups is 1. The van der Waals surface area contributed by atoms with Crippen LogP contribution in [0.5, 0.6) is 5.75 Å². The van der Waals surface area contributed by atoms with Crippen molar-refractivity contribution in [1.82, 2.24) is 0 Å². The average Bonchev–Trinajstić information content (AvgIpc) is 2.74. The number of thioether (sulfide) groups is 1. The first-order valence-corrected chi connectivity index (χ1v) is 10.3. The van der Waals surface area contributed by atoms with Crippen molar-refractivity contribution >= 4 is 52.1 Å². The summed E-state index contributed by atoms with van der Waals surface area (Å²) in [5.41, 5.74) is 2.52. The molecule has 0 saturated heterocycles. The van der Waals surface area contributed by atoms with E-state index in [0.717, 1.165) is 27.7 Å². The normalized spacial score (nSPS) is 10.1. The molecule has 0 atom stereocenters. The van der Waals surface area contributed by atoms with E-state index in [1.54, 1.807) is 7.11 Å². The topological polar surface area (TPSA) is 62.4 Å². The summed E-state index contributed by atoms with van der Waals surface area (Å²) in [7, 11) is 1.61. The molecule has 0 saturated carbocycles. The second-order valence-corrected chi connectivity index (χ2v) is 7.50. The number of anilines is 3. The second kappa shape index (κ2) is 10.5. The first-order valence-electron chi connectivity index (χ1n) is 8.92. The standard InChI is InChI=1S/C22H21N3O2S2/c1-27-19-12-10-17(11-13-19)23-21(26)15-29-20-9-5-8-18(14-20)25-22(28)24-16-6-3-2-4-7-16/h2-14H,15H2,1H3,(H,23,26)(H2,24,25,28). The van der Waals surface area contributed by atoms with Crippen LogP contribution >= 0.6 is 24.0 Å². The summed E-state index contributed by atoms with van der Waals surface area (Å²) in [6.45, 7) is 0. The van der Waals surface area contributed by atoms with Crippen LogP contribution in [-0.4, -0.2) is 23.9 Å². The van der Waals surface area contributed by atoms with Gasteiger partial charge in [0, 0.05) is 22.0 Å². The van der Waals surface area contributed by atoms with Crippen molar-refractivity contribution in [3.8, 4) is 5.75 Å². The van der Waals surface area contributed by atoms with Crippen LogP contribution in [0.15, 0.2) is 83.8 Å². The Morgan fingerprint density at radius 1 is 0.862 bits per heavy atom. The van der Waals surface area contributed by atoms with Gasteiger partial charge in [-0.1, -0.05) is 24.3 Å². The van der Waals surface area contributed by atoms with E-state index >= 15 is 0 Å². The van der Waals surface area contributed by atoms with Crippen LogP contribution in [0.25, 0.3) is 0 Å². The van der Waals surface area contributed by atoms with Gasteiger partial charge in [0.05, 0.1) is 12.9 Å². The molecule has 3 aromatic carbocycles. The summed E-state index contributed by atoms with van der Waals surface area (Å²) in [6.07, 6.45) is 0. The number of hydrogen-bond acceptors (Lipinski definition) is 4. The number of hydrogen-bond donors (Lipinski definition) is 3. The summed E-state index contributed by atoms with van der Waals surface area (Å²) in [5, 5.41) is 9.69. The molecule has 5 nitrogen and oxygen atoms in total. The average molecular weight is 424 g/mol. The van der Waals surface area contributed by atoms with Gasteiger partial charge in [0.15, 0.2) is 5.11 Å². The van der Waals surface area contributed by atoms with E-state index in [0.29, 0.717) is 10.9 Å². The van der Waals surface area contributed by atoms with Gasteiger partial charge in [0.2, 0.25) is 5.91 Å². The highest BCUT2D eigenvalue weighted by atomic mass is 32.2. The summed E-state index contributed by atoms with van der Waals surface area (Å²) < 4.78 is 5.11. The Morgan fingerprint density at radius 3 is 2.24 bits per heavy atom. The quantitative estimate of drug-likeness (QED) is 0.357. The minimum absolute atomic E-state index is 0.0696. The zero-order valence-corrected chi connectivity index (χ0v) is 17.5. The van der Waals surface area contributed by atoms with Gasteiger partial charge in [-0.2, -0.15) is 0 Å². The zero-order valence-electron chi connectivity index (χ0n) is 15.8. The third kappa shape index (κ3) is 6.81. The maximum absolute atomic E-state index is 12.2. The van der Waals surface area contributed by atoms with Crippen molar-refractivity contribution in [3.63, 3.8) is 0 Å². The fraction of sp³-hybridized carbons (Fsp3) is 0.0909. The van der Waals surface area contributed by atoms with Crippen LogP contribution in [0.1, 0.15) is 0 Å². The number of amides is 1. The number of carbonyl (C=O) groups excluding carboxylic acids is 1. The van der Waals surface area contributed by atoms with Crippen LogP contribution in [0.4, 0.5) is 17.1 Å². The van der Waals surface area contributed by atoms with Crippen molar-refractivity contribution in [1.29, 1.82) is 0 Å². The lowest BCUT2D eigenvalue weighted by Crippen LogP contribution is -2.19. The number of ether oxygens (including phenoxy) is 1. The third-order valence-electron chi connectivity index (χ3n) is 3.87. The number of para-hydroxylation sites is 1. The lowest BCUT2D eigenvalue weighted by molar-refractivity contribution is -0.113. The Kier molecular flexibility index (Phi) is 7.49. The van der Waals surface area contributed by atoms with Gasteiger partial charge < -0.3 is 20.7 Å². The van der Waals surface area contributed by atoms with Gasteiger partial charge in [0.25, 0.3) is 0 Å². The van der Waals surface area contributed by atoms with Crippen molar-refractivity contribution in [2.75, 3.05) is 28.8 Å². The van der Waals surface area contributed by atoms with E-state index in [4.69, 9.17) is 17.0 Å².